The van der Waals surface area contributed by atoms with Crippen molar-refractivity contribution in [1.82, 2.24) is 5.32 Å². The summed E-state index contributed by atoms with van der Waals surface area (Å²) < 4.78 is 0. The van der Waals surface area contributed by atoms with Crippen LogP contribution in [0.5, 0.6) is 0 Å². The fourth-order valence-corrected chi connectivity index (χ4v) is 5.82. The molecule has 0 bridgehead atoms. The van der Waals surface area contributed by atoms with Crippen molar-refractivity contribution in [2.75, 3.05) is 9.80 Å². The summed E-state index contributed by atoms with van der Waals surface area (Å²) in [6.45, 7) is 13.0. The number of fused-ring (bicyclic) bond motifs is 1. The fourth-order valence-electron chi connectivity index (χ4n) is 5.44. The SMILES string of the molecule is Cc1cc2c(cc1/C=C1\C(=O)NC(=O)N(c3cccc(Cl)c3Cl)C1=O)[C@@H](C)CC(C)(C)N2C(C)C. The molecule has 0 spiro atoms. The highest BCUT2D eigenvalue weighted by Gasteiger charge is 2.40. The summed E-state index contributed by atoms with van der Waals surface area (Å²) in [5.41, 5.74) is 4.00. The molecule has 184 valence electrons. The number of hydrogen-bond donors (Lipinski definition) is 1. The second-order valence-electron chi connectivity index (χ2n) is 10.2. The number of amides is 4. The van der Waals surface area contributed by atoms with Gasteiger partial charge in [0, 0.05) is 17.3 Å². The van der Waals surface area contributed by atoms with Gasteiger partial charge in [0.2, 0.25) is 0 Å². The Balaban J connectivity index is 1.81. The van der Waals surface area contributed by atoms with Gasteiger partial charge >= 0.3 is 6.03 Å². The van der Waals surface area contributed by atoms with E-state index in [4.69, 9.17) is 23.2 Å². The van der Waals surface area contributed by atoms with E-state index in [1.54, 1.807) is 18.2 Å². The van der Waals surface area contributed by atoms with Crippen molar-refractivity contribution in [2.24, 2.45) is 0 Å². The monoisotopic (exact) mass is 513 g/mol. The average Bonchev–Trinajstić information content (AvgIpc) is 2.73. The number of halogens is 2. The second kappa shape index (κ2) is 8.99. The van der Waals surface area contributed by atoms with E-state index in [0.717, 1.165) is 22.4 Å². The summed E-state index contributed by atoms with van der Waals surface area (Å²) in [7, 11) is 0. The van der Waals surface area contributed by atoms with Gasteiger partial charge in [0.25, 0.3) is 11.8 Å². The quantitative estimate of drug-likeness (QED) is 0.377. The third kappa shape index (κ3) is 4.34. The predicted octanol–water partition coefficient (Wildman–Crippen LogP) is 6.47. The molecule has 4 amide bonds. The number of anilines is 2. The van der Waals surface area contributed by atoms with Crippen molar-refractivity contribution in [3.63, 3.8) is 0 Å². The summed E-state index contributed by atoms with van der Waals surface area (Å²) in [6.07, 6.45) is 2.53. The standard InChI is InChI=1S/C27H29Cl2N3O3/c1-14(2)32-22-10-15(3)17(11-18(22)16(4)13-27(32,5)6)12-19-24(33)30-26(35)31(25(19)34)21-9-7-8-20(28)23(21)29/h7-12,14,16H,13H2,1-6H3,(H,30,33,35)/b19-12+/t16-/m0/s1. The number of carbonyl (C=O) groups excluding carboxylic acids is 3. The van der Waals surface area contributed by atoms with E-state index in [9.17, 15) is 14.4 Å². The zero-order valence-electron chi connectivity index (χ0n) is 20.7. The van der Waals surface area contributed by atoms with Crippen molar-refractivity contribution in [2.45, 2.75) is 65.5 Å². The van der Waals surface area contributed by atoms with E-state index in [0.29, 0.717) is 12.0 Å². The third-order valence-corrected chi connectivity index (χ3v) is 7.56. The first-order valence-corrected chi connectivity index (χ1v) is 12.4. The van der Waals surface area contributed by atoms with E-state index in [2.05, 4.69) is 57.0 Å². The van der Waals surface area contributed by atoms with Gasteiger partial charge in [0.05, 0.1) is 15.7 Å². The maximum atomic E-state index is 13.4. The number of hydrogen-bond acceptors (Lipinski definition) is 4. The maximum Gasteiger partial charge on any atom is 0.336 e. The lowest BCUT2D eigenvalue weighted by atomic mass is 9.78. The number of nitrogens with zero attached hydrogens (tertiary/aromatic N) is 2. The van der Waals surface area contributed by atoms with Crippen molar-refractivity contribution < 1.29 is 14.4 Å². The number of urea groups is 1. The van der Waals surface area contributed by atoms with Crippen LogP contribution < -0.4 is 15.1 Å². The molecule has 8 heteroatoms. The summed E-state index contributed by atoms with van der Waals surface area (Å²) >= 11 is 12.4. The van der Waals surface area contributed by atoms with Crippen LogP contribution >= 0.6 is 23.2 Å². The lowest BCUT2D eigenvalue weighted by molar-refractivity contribution is -0.122. The molecule has 35 heavy (non-hydrogen) atoms. The Hall–Kier alpha value is -2.83. The number of barbiturate groups is 1. The third-order valence-electron chi connectivity index (χ3n) is 6.75. The lowest BCUT2D eigenvalue weighted by Crippen LogP contribution is -2.54. The molecule has 2 aromatic carbocycles. The molecular formula is C27H29Cl2N3O3. The molecule has 1 atom stereocenters. The predicted molar refractivity (Wildman–Crippen MR) is 141 cm³/mol. The molecule has 1 saturated heterocycles. The van der Waals surface area contributed by atoms with Gasteiger partial charge in [-0.15, -0.1) is 0 Å². The zero-order valence-corrected chi connectivity index (χ0v) is 22.2. The van der Waals surface area contributed by atoms with E-state index >= 15 is 0 Å². The number of aryl methyl sites for hydroxylation is 1. The number of carbonyl (C=O) groups is 3. The highest BCUT2D eigenvalue weighted by Crippen LogP contribution is 2.45. The molecular weight excluding hydrogens is 485 g/mol. The first-order chi connectivity index (χ1) is 16.3. The molecule has 2 aliphatic heterocycles. The van der Waals surface area contributed by atoms with E-state index in [-0.39, 0.29) is 26.8 Å². The smallest absolute Gasteiger partial charge is 0.336 e. The van der Waals surface area contributed by atoms with Gasteiger partial charge in [0.15, 0.2) is 0 Å². The summed E-state index contributed by atoms with van der Waals surface area (Å²) in [6, 6.07) is 8.27. The Morgan fingerprint density at radius 2 is 1.80 bits per heavy atom. The molecule has 4 rings (SSSR count). The van der Waals surface area contributed by atoms with Gasteiger partial charge in [-0.1, -0.05) is 36.2 Å². The van der Waals surface area contributed by atoms with Crippen LogP contribution in [0.15, 0.2) is 35.9 Å². The average molecular weight is 514 g/mol. The largest absolute Gasteiger partial charge is 0.364 e. The Labute approximate surface area is 215 Å². The fraction of sp³-hybridized carbons (Fsp3) is 0.370. The van der Waals surface area contributed by atoms with E-state index in [1.165, 1.54) is 17.3 Å². The Kier molecular flexibility index (Phi) is 6.49. The molecule has 0 saturated carbocycles. The first kappa shape index (κ1) is 25.3. The van der Waals surface area contributed by atoms with Crippen LogP contribution in [0.1, 0.15) is 63.6 Å². The second-order valence-corrected chi connectivity index (χ2v) is 11.0. The highest BCUT2D eigenvalue weighted by molar-refractivity contribution is 6.46. The van der Waals surface area contributed by atoms with Gasteiger partial charge in [-0.2, -0.15) is 0 Å². The Bertz CT molecular complexity index is 1280. The van der Waals surface area contributed by atoms with Crippen LogP contribution in [0.3, 0.4) is 0 Å². The molecule has 0 aliphatic carbocycles. The van der Waals surface area contributed by atoms with Crippen molar-refractivity contribution in [1.29, 1.82) is 0 Å². The molecule has 0 unspecified atom stereocenters. The molecule has 2 aromatic rings. The van der Waals surface area contributed by atoms with E-state index in [1.807, 2.05) is 6.92 Å². The summed E-state index contributed by atoms with van der Waals surface area (Å²) in [5.74, 6) is -1.20. The Morgan fingerprint density at radius 1 is 1.11 bits per heavy atom. The van der Waals surface area contributed by atoms with Crippen LogP contribution in [0, 0.1) is 6.92 Å². The summed E-state index contributed by atoms with van der Waals surface area (Å²) in [5, 5.41) is 2.50. The molecule has 0 radical (unpaired) electrons. The molecule has 1 N–H and O–H groups in total. The van der Waals surface area contributed by atoms with Crippen LogP contribution in [0.2, 0.25) is 10.0 Å². The van der Waals surface area contributed by atoms with Crippen LogP contribution in [-0.4, -0.2) is 29.4 Å². The van der Waals surface area contributed by atoms with Crippen LogP contribution in [-0.2, 0) is 9.59 Å². The van der Waals surface area contributed by atoms with Gasteiger partial charge in [-0.3, -0.25) is 14.9 Å². The van der Waals surface area contributed by atoms with Crippen molar-refractivity contribution in [3.05, 3.63) is 62.6 Å². The highest BCUT2D eigenvalue weighted by atomic mass is 35.5. The van der Waals surface area contributed by atoms with Gasteiger partial charge in [-0.25, -0.2) is 9.69 Å². The van der Waals surface area contributed by atoms with Crippen LogP contribution in [0.4, 0.5) is 16.2 Å². The van der Waals surface area contributed by atoms with Gasteiger partial charge in [-0.05, 0) is 94.0 Å². The number of rotatable bonds is 3. The minimum atomic E-state index is -0.869. The van der Waals surface area contributed by atoms with Crippen LogP contribution in [0.25, 0.3) is 6.08 Å². The van der Waals surface area contributed by atoms with Gasteiger partial charge < -0.3 is 4.90 Å². The minimum Gasteiger partial charge on any atom is -0.364 e. The number of imide groups is 2. The van der Waals surface area contributed by atoms with Crippen molar-refractivity contribution >= 4 is 58.5 Å². The number of benzene rings is 2. The lowest BCUT2D eigenvalue weighted by Gasteiger charge is -2.50. The zero-order chi connectivity index (χ0) is 25.8. The topological polar surface area (TPSA) is 69.7 Å². The normalized spacial score (nSPS) is 21.0. The van der Waals surface area contributed by atoms with Crippen molar-refractivity contribution in [3.8, 4) is 0 Å². The Morgan fingerprint density at radius 3 is 2.46 bits per heavy atom. The maximum absolute atomic E-state index is 13.4. The molecule has 2 aliphatic rings. The first-order valence-electron chi connectivity index (χ1n) is 11.6. The molecule has 6 nitrogen and oxygen atoms in total. The molecule has 2 heterocycles. The molecule has 0 aromatic heterocycles. The van der Waals surface area contributed by atoms with Gasteiger partial charge in [0.1, 0.15) is 5.57 Å². The summed E-state index contributed by atoms with van der Waals surface area (Å²) in [4.78, 5) is 42.0. The molecule has 1 fully saturated rings. The number of nitrogens with one attached hydrogen (secondary N) is 1. The van der Waals surface area contributed by atoms with E-state index < -0.39 is 17.8 Å². The minimum absolute atomic E-state index is 0.00329.